The Kier molecular flexibility index (Phi) is 6.78. The highest BCUT2D eigenvalue weighted by atomic mass is 35.5. The highest BCUT2D eigenvalue weighted by molar-refractivity contribution is 7.91. The summed E-state index contributed by atoms with van der Waals surface area (Å²) in [4.78, 5) is 16.0. The summed E-state index contributed by atoms with van der Waals surface area (Å²) in [5.41, 5.74) is 1.04. The van der Waals surface area contributed by atoms with Crippen molar-refractivity contribution >= 4 is 28.2 Å². The third-order valence-electron chi connectivity index (χ3n) is 4.31. The number of benzene rings is 1. The van der Waals surface area contributed by atoms with Gasteiger partial charge in [-0.3, -0.25) is 4.79 Å². The molecule has 1 unspecified atom stereocenters. The first kappa shape index (κ1) is 21.1. The normalized spacial score (nSPS) is 14.1. The molecular formula is C18H23ClN2O5S. The number of rotatable bonds is 6. The number of aromatic nitrogens is 1. The van der Waals surface area contributed by atoms with Crippen molar-refractivity contribution in [1.29, 1.82) is 0 Å². The van der Waals surface area contributed by atoms with Crippen LogP contribution >= 0.6 is 12.4 Å². The monoisotopic (exact) mass is 414 g/mol. The summed E-state index contributed by atoms with van der Waals surface area (Å²) in [5.74, 6) is 0.101. The number of aromatic amines is 1. The molecule has 0 aliphatic carbocycles. The van der Waals surface area contributed by atoms with Gasteiger partial charge in [0, 0.05) is 18.0 Å². The lowest BCUT2D eigenvalue weighted by molar-refractivity contribution is 0.0923. The summed E-state index contributed by atoms with van der Waals surface area (Å²) in [6.45, 7) is 4.13. The van der Waals surface area contributed by atoms with E-state index in [0.717, 1.165) is 5.69 Å². The zero-order valence-electron chi connectivity index (χ0n) is 15.2. The molecule has 2 N–H and O–H groups in total. The van der Waals surface area contributed by atoms with Crippen LogP contribution in [0.1, 0.15) is 42.4 Å². The lowest BCUT2D eigenvalue weighted by Gasteiger charge is -2.23. The lowest BCUT2D eigenvalue weighted by atomic mass is 10.1. The second-order valence-electron chi connectivity index (χ2n) is 5.96. The zero-order chi connectivity index (χ0) is 18.7. The number of carbonyl (C=O) groups excluding carboxylic acids is 1. The van der Waals surface area contributed by atoms with Gasteiger partial charge in [-0.25, -0.2) is 8.42 Å². The maximum absolute atomic E-state index is 12.9. The van der Waals surface area contributed by atoms with E-state index in [2.05, 4.69) is 10.3 Å². The van der Waals surface area contributed by atoms with Crippen molar-refractivity contribution < 1.29 is 22.7 Å². The number of carbonyl (C=O) groups is 1. The van der Waals surface area contributed by atoms with Crippen LogP contribution in [0.5, 0.6) is 11.5 Å². The van der Waals surface area contributed by atoms with Crippen LogP contribution in [0.2, 0.25) is 0 Å². The molecule has 3 rings (SSSR count). The van der Waals surface area contributed by atoms with Crippen LogP contribution in [-0.2, 0) is 9.84 Å². The molecule has 0 spiro atoms. The van der Waals surface area contributed by atoms with Crippen LogP contribution in [0.4, 0.5) is 0 Å². The molecule has 27 heavy (non-hydrogen) atoms. The minimum Gasteiger partial charge on any atom is -0.486 e. The maximum atomic E-state index is 12.9. The Morgan fingerprint density at radius 3 is 2.63 bits per heavy atom. The number of amides is 1. The molecule has 0 saturated heterocycles. The highest BCUT2D eigenvalue weighted by Crippen LogP contribution is 2.37. The average molecular weight is 415 g/mol. The highest BCUT2D eigenvalue weighted by Gasteiger charge is 2.27. The van der Waals surface area contributed by atoms with E-state index in [0.29, 0.717) is 19.6 Å². The Bertz CT molecular complexity index is 897. The zero-order valence-corrected chi connectivity index (χ0v) is 16.8. The molecule has 1 aromatic heterocycles. The molecular weight excluding hydrogens is 392 g/mol. The van der Waals surface area contributed by atoms with Crippen LogP contribution < -0.4 is 14.8 Å². The van der Waals surface area contributed by atoms with Crippen LogP contribution in [0, 0.1) is 0 Å². The first-order valence-electron chi connectivity index (χ1n) is 8.56. The SMILES string of the molecule is CCC(NC(=O)c1cc(S(=O)(=O)CC)cc2c1OCCO2)c1ccc[nH]1.Cl. The molecule has 9 heteroatoms. The Morgan fingerprint density at radius 1 is 1.26 bits per heavy atom. The number of nitrogens with one attached hydrogen (secondary N) is 2. The van der Waals surface area contributed by atoms with E-state index >= 15 is 0 Å². The van der Waals surface area contributed by atoms with Gasteiger partial charge in [0.05, 0.1) is 22.3 Å². The molecule has 7 nitrogen and oxygen atoms in total. The van der Waals surface area contributed by atoms with Crippen LogP contribution in [-0.4, -0.2) is 38.3 Å². The predicted molar refractivity (Wildman–Crippen MR) is 104 cm³/mol. The summed E-state index contributed by atoms with van der Waals surface area (Å²) in [7, 11) is -3.49. The number of sulfone groups is 1. The van der Waals surface area contributed by atoms with E-state index in [1.807, 2.05) is 19.1 Å². The number of H-pyrrole nitrogens is 1. The lowest BCUT2D eigenvalue weighted by Crippen LogP contribution is -2.30. The average Bonchev–Trinajstić information content (AvgIpc) is 3.19. The fourth-order valence-corrected chi connectivity index (χ4v) is 3.76. The number of fused-ring (bicyclic) bond motifs is 1. The van der Waals surface area contributed by atoms with Crippen molar-refractivity contribution in [3.63, 3.8) is 0 Å². The third-order valence-corrected chi connectivity index (χ3v) is 6.02. The minimum absolute atomic E-state index is 0. The van der Waals surface area contributed by atoms with E-state index in [-0.39, 0.29) is 46.2 Å². The number of hydrogen-bond donors (Lipinski definition) is 2. The summed E-state index contributed by atoms with van der Waals surface area (Å²) >= 11 is 0. The quantitative estimate of drug-likeness (QED) is 0.757. The molecule has 1 amide bonds. The van der Waals surface area contributed by atoms with Gasteiger partial charge in [-0.1, -0.05) is 13.8 Å². The summed E-state index contributed by atoms with van der Waals surface area (Å²) in [5, 5.41) is 2.93. The number of ether oxygens (including phenoxy) is 2. The Balaban J connectivity index is 0.00000261. The van der Waals surface area contributed by atoms with Gasteiger partial charge in [0.15, 0.2) is 21.3 Å². The smallest absolute Gasteiger partial charge is 0.255 e. The molecule has 0 fully saturated rings. The van der Waals surface area contributed by atoms with Crippen LogP contribution in [0.3, 0.4) is 0 Å². The first-order chi connectivity index (χ1) is 12.5. The molecule has 2 heterocycles. The molecule has 1 aliphatic heterocycles. The Hall–Kier alpha value is -2.19. The van der Waals surface area contributed by atoms with Gasteiger partial charge in [0.25, 0.3) is 5.91 Å². The summed E-state index contributed by atoms with van der Waals surface area (Å²) in [6.07, 6.45) is 2.47. The van der Waals surface area contributed by atoms with E-state index < -0.39 is 15.7 Å². The fourth-order valence-electron chi connectivity index (χ4n) is 2.84. The largest absolute Gasteiger partial charge is 0.486 e. The Morgan fingerprint density at radius 2 is 2.00 bits per heavy atom. The first-order valence-corrected chi connectivity index (χ1v) is 10.2. The number of hydrogen-bond acceptors (Lipinski definition) is 5. The van der Waals surface area contributed by atoms with E-state index in [4.69, 9.17) is 9.47 Å². The van der Waals surface area contributed by atoms with Crippen molar-refractivity contribution in [3.05, 3.63) is 41.7 Å². The maximum Gasteiger partial charge on any atom is 0.255 e. The van der Waals surface area contributed by atoms with Gasteiger partial charge in [-0.15, -0.1) is 12.4 Å². The van der Waals surface area contributed by atoms with Gasteiger partial charge < -0.3 is 19.8 Å². The second kappa shape index (κ2) is 8.67. The van der Waals surface area contributed by atoms with Gasteiger partial charge in [0.2, 0.25) is 0 Å². The molecule has 148 valence electrons. The summed E-state index contributed by atoms with van der Waals surface area (Å²) < 4.78 is 35.7. The molecule has 1 atom stereocenters. The van der Waals surface area contributed by atoms with Gasteiger partial charge in [0.1, 0.15) is 13.2 Å². The topological polar surface area (TPSA) is 97.5 Å². The van der Waals surface area contributed by atoms with Gasteiger partial charge >= 0.3 is 0 Å². The number of halogens is 1. The standard InChI is InChI=1S/C18H22N2O5S.ClH/c1-3-14(15-6-5-7-19-15)20-18(21)13-10-12(26(22,23)4-2)11-16-17(13)25-9-8-24-16;/h5-7,10-11,14,19H,3-4,8-9H2,1-2H3,(H,20,21);1H. The molecule has 0 radical (unpaired) electrons. The molecule has 2 aromatic rings. The van der Waals surface area contributed by atoms with E-state index in [1.165, 1.54) is 12.1 Å². The van der Waals surface area contributed by atoms with Crippen molar-refractivity contribution in [3.8, 4) is 11.5 Å². The van der Waals surface area contributed by atoms with Crippen molar-refractivity contribution in [2.24, 2.45) is 0 Å². The third kappa shape index (κ3) is 4.39. The van der Waals surface area contributed by atoms with Crippen LogP contribution in [0.25, 0.3) is 0 Å². The fraction of sp³-hybridized carbons (Fsp3) is 0.389. The van der Waals surface area contributed by atoms with Crippen molar-refractivity contribution in [1.82, 2.24) is 10.3 Å². The molecule has 1 aromatic carbocycles. The van der Waals surface area contributed by atoms with Crippen molar-refractivity contribution in [2.75, 3.05) is 19.0 Å². The molecule has 0 bridgehead atoms. The minimum atomic E-state index is -3.49. The summed E-state index contributed by atoms with van der Waals surface area (Å²) in [6, 6.07) is 6.32. The molecule has 1 aliphatic rings. The van der Waals surface area contributed by atoms with Crippen molar-refractivity contribution in [2.45, 2.75) is 31.2 Å². The van der Waals surface area contributed by atoms with E-state index in [1.54, 1.807) is 13.1 Å². The second-order valence-corrected chi connectivity index (χ2v) is 8.24. The van der Waals surface area contributed by atoms with Gasteiger partial charge in [-0.05, 0) is 24.6 Å². The van der Waals surface area contributed by atoms with Gasteiger partial charge in [-0.2, -0.15) is 0 Å². The predicted octanol–water partition coefficient (Wildman–Crippen LogP) is 2.88. The van der Waals surface area contributed by atoms with Crippen LogP contribution in [0.15, 0.2) is 35.4 Å². The van der Waals surface area contributed by atoms with E-state index in [9.17, 15) is 13.2 Å². The molecule has 0 saturated carbocycles. The Labute approximate surface area is 164 Å².